The predicted molar refractivity (Wildman–Crippen MR) is 69.6 cm³/mol. The maximum absolute atomic E-state index is 7.79. The zero-order valence-electron chi connectivity index (χ0n) is 10.3. The molecule has 0 fully saturated rings. The fourth-order valence-corrected chi connectivity index (χ4v) is 1.70. The molecule has 4 nitrogen and oxygen atoms in total. The van der Waals surface area contributed by atoms with E-state index < -0.39 is 0 Å². The standard InChI is InChI=1S/C13H14ClN3O/c1-9-16-13(15)10(7-17(9)2)8-18-12-5-3-4-11(14)6-12/h3-7,15H,8H2,1-2H3. The van der Waals surface area contributed by atoms with E-state index in [0.717, 1.165) is 11.4 Å². The van der Waals surface area contributed by atoms with Gasteiger partial charge in [0.1, 0.15) is 18.2 Å². The van der Waals surface area contributed by atoms with Crippen LogP contribution in [0.5, 0.6) is 5.75 Å². The molecule has 0 atom stereocenters. The number of rotatable bonds is 3. The van der Waals surface area contributed by atoms with Crippen LogP contribution in [0.25, 0.3) is 0 Å². The lowest BCUT2D eigenvalue weighted by Crippen LogP contribution is -2.20. The zero-order chi connectivity index (χ0) is 13.1. The van der Waals surface area contributed by atoms with E-state index in [2.05, 4.69) is 4.98 Å². The molecule has 18 heavy (non-hydrogen) atoms. The van der Waals surface area contributed by atoms with Gasteiger partial charge in [0, 0.05) is 23.8 Å². The molecule has 94 valence electrons. The number of hydrogen-bond acceptors (Lipinski definition) is 3. The summed E-state index contributed by atoms with van der Waals surface area (Å²) < 4.78 is 7.46. The third-order valence-corrected chi connectivity index (χ3v) is 2.86. The van der Waals surface area contributed by atoms with Gasteiger partial charge >= 0.3 is 0 Å². The van der Waals surface area contributed by atoms with Crippen LogP contribution >= 0.6 is 11.6 Å². The number of nitrogens with zero attached hydrogens (tertiary/aromatic N) is 2. The second kappa shape index (κ2) is 5.23. The number of aromatic nitrogens is 2. The summed E-state index contributed by atoms with van der Waals surface area (Å²) in [7, 11) is 1.89. The van der Waals surface area contributed by atoms with Gasteiger partial charge in [0.25, 0.3) is 0 Å². The summed E-state index contributed by atoms with van der Waals surface area (Å²) in [5, 5.41) is 8.42. The van der Waals surface area contributed by atoms with Crippen molar-refractivity contribution in [1.82, 2.24) is 9.55 Å². The van der Waals surface area contributed by atoms with Gasteiger partial charge in [-0.05, 0) is 25.1 Å². The van der Waals surface area contributed by atoms with E-state index >= 15 is 0 Å². The molecule has 0 radical (unpaired) electrons. The molecule has 0 saturated heterocycles. The van der Waals surface area contributed by atoms with Gasteiger partial charge in [0.2, 0.25) is 0 Å². The normalized spacial score (nSPS) is 10.4. The van der Waals surface area contributed by atoms with Crippen LogP contribution in [-0.4, -0.2) is 9.55 Å². The van der Waals surface area contributed by atoms with Crippen molar-refractivity contribution in [2.75, 3.05) is 0 Å². The van der Waals surface area contributed by atoms with Crippen LogP contribution in [0.3, 0.4) is 0 Å². The van der Waals surface area contributed by atoms with Crippen LogP contribution in [0.15, 0.2) is 30.5 Å². The lowest BCUT2D eigenvalue weighted by molar-refractivity contribution is 0.302. The molecule has 0 bridgehead atoms. The number of aryl methyl sites for hydroxylation is 2. The van der Waals surface area contributed by atoms with Crippen molar-refractivity contribution in [3.63, 3.8) is 0 Å². The average Bonchev–Trinajstić information content (AvgIpc) is 2.32. The Labute approximate surface area is 110 Å². The maximum atomic E-state index is 7.79. The first kappa shape index (κ1) is 12.6. The number of benzene rings is 1. The Hall–Kier alpha value is -1.81. The Morgan fingerprint density at radius 3 is 2.94 bits per heavy atom. The lowest BCUT2D eigenvalue weighted by Gasteiger charge is -2.09. The van der Waals surface area contributed by atoms with E-state index in [0.29, 0.717) is 17.4 Å². The third-order valence-electron chi connectivity index (χ3n) is 2.63. The van der Waals surface area contributed by atoms with Crippen LogP contribution < -0.4 is 10.2 Å². The SMILES string of the molecule is Cc1nc(=N)c(COc2cccc(Cl)c2)cn1C. The Morgan fingerprint density at radius 2 is 2.22 bits per heavy atom. The number of halogens is 1. The molecule has 0 amide bonds. The fourth-order valence-electron chi connectivity index (χ4n) is 1.52. The van der Waals surface area contributed by atoms with Gasteiger partial charge in [0.05, 0.1) is 0 Å². The minimum absolute atomic E-state index is 0.243. The van der Waals surface area contributed by atoms with Crippen molar-refractivity contribution < 1.29 is 4.74 Å². The quantitative estimate of drug-likeness (QED) is 0.925. The predicted octanol–water partition coefficient (Wildman–Crippen LogP) is 2.44. The summed E-state index contributed by atoms with van der Waals surface area (Å²) in [6, 6.07) is 7.19. The highest BCUT2D eigenvalue weighted by Crippen LogP contribution is 2.17. The first-order valence-corrected chi connectivity index (χ1v) is 5.90. The van der Waals surface area contributed by atoms with E-state index in [1.165, 1.54) is 0 Å². The Bertz CT molecular complexity index is 622. The molecule has 1 aromatic carbocycles. The molecule has 0 spiro atoms. The summed E-state index contributed by atoms with van der Waals surface area (Å²) in [4.78, 5) is 4.13. The highest BCUT2D eigenvalue weighted by Gasteiger charge is 2.02. The van der Waals surface area contributed by atoms with Gasteiger partial charge in [-0.3, -0.25) is 5.41 Å². The van der Waals surface area contributed by atoms with Crippen molar-refractivity contribution >= 4 is 11.6 Å². The van der Waals surface area contributed by atoms with Gasteiger partial charge in [-0.2, -0.15) is 0 Å². The molecule has 1 aromatic heterocycles. The van der Waals surface area contributed by atoms with Crippen molar-refractivity contribution in [3.8, 4) is 5.75 Å². The summed E-state index contributed by atoms with van der Waals surface area (Å²) in [5.74, 6) is 1.48. The molecule has 0 aliphatic heterocycles. The second-order valence-electron chi connectivity index (χ2n) is 4.02. The van der Waals surface area contributed by atoms with Crippen molar-refractivity contribution in [3.05, 3.63) is 52.4 Å². The molecular weight excluding hydrogens is 250 g/mol. The van der Waals surface area contributed by atoms with E-state index in [-0.39, 0.29) is 5.49 Å². The monoisotopic (exact) mass is 263 g/mol. The van der Waals surface area contributed by atoms with Crippen LogP contribution in [0.2, 0.25) is 5.02 Å². The van der Waals surface area contributed by atoms with E-state index in [1.807, 2.05) is 36.9 Å². The largest absolute Gasteiger partial charge is 0.489 e. The second-order valence-corrected chi connectivity index (χ2v) is 4.46. The summed E-state index contributed by atoms with van der Waals surface area (Å²) in [5.41, 5.74) is 0.982. The molecular formula is C13H14ClN3O. The van der Waals surface area contributed by atoms with E-state index in [4.69, 9.17) is 21.7 Å². The molecule has 0 saturated carbocycles. The molecule has 2 rings (SSSR count). The van der Waals surface area contributed by atoms with Gasteiger partial charge < -0.3 is 9.30 Å². The van der Waals surface area contributed by atoms with Crippen molar-refractivity contribution in [2.45, 2.75) is 13.5 Å². The molecule has 1 N–H and O–H groups in total. The minimum Gasteiger partial charge on any atom is -0.489 e. The van der Waals surface area contributed by atoms with Gasteiger partial charge in [-0.25, -0.2) is 4.98 Å². The van der Waals surface area contributed by atoms with Crippen LogP contribution in [0.4, 0.5) is 0 Å². The number of ether oxygens (including phenoxy) is 1. The smallest absolute Gasteiger partial charge is 0.154 e. The maximum Gasteiger partial charge on any atom is 0.154 e. The lowest BCUT2D eigenvalue weighted by atomic mass is 10.3. The summed E-state index contributed by atoms with van der Waals surface area (Å²) in [6.07, 6.45) is 1.86. The van der Waals surface area contributed by atoms with Crippen LogP contribution in [0.1, 0.15) is 11.4 Å². The zero-order valence-corrected chi connectivity index (χ0v) is 11.0. The average molecular weight is 264 g/mol. The highest BCUT2D eigenvalue weighted by atomic mass is 35.5. The summed E-state index contributed by atoms with van der Waals surface area (Å²) in [6.45, 7) is 2.17. The first-order valence-electron chi connectivity index (χ1n) is 5.52. The Morgan fingerprint density at radius 1 is 1.44 bits per heavy atom. The van der Waals surface area contributed by atoms with Crippen LogP contribution in [-0.2, 0) is 13.7 Å². The molecule has 1 heterocycles. The fraction of sp³-hybridized carbons (Fsp3) is 0.231. The van der Waals surface area contributed by atoms with Gasteiger partial charge in [-0.15, -0.1) is 0 Å². The Balaban J connectivity index is 2.16. The van der Waals surface area contributed by atoms with Gasteiger partial charge in [0.15, 0.2) is 5.49 Å². The van der Waals surface area contributed by atoms with E-state index in [9.17, 15) is 0 Å². The van der Waals surface area contributed by atoms with Crippen LogP contribution in [0, 0.1) is 12.3 Å². The van der Waals surface area contributed by atoms with Crippen molar-refractivity contribution in [2.24, 2.45) is 7.05 Å². The molecule has 5 heteroatoms. The van der Waals surface area contributed by atoms with Crippen molar-refractivity contribution in [1.29, 1.82) is 5.41 Å². The first-order chi connectivity index (χ1) is 8.56. The molecule has 0 unspecified atom stereocenters. The third kappa shape index (κ3) is 2.90. The minimum atomic E-state index is 0.243. The number of nitrogens with one attached hydrogen (secondary N) is 1. The topological polar surface area (TPSA) is 50.9 Å². The molecule has 0 aliphatic rings. The Kier molecular flexibility index (Phi) is 3.67. The molecule has 0 aliphatic carbocycles. The highest BCUT2D eigenvalue weighted by molar-refractivity contribution is 6.30. The molecule has 2 aromatic rings. The van der Waals surface area contributed by atoms with Gasteiger partial charge in [-0.1, -0.05) is 17.7 Å². The number of hydrogen-bond donors (Lipinski definition) is 1. The van der Waals surface area contributed by atoms with E-state index in [1.54, 1.807) is 12.1 Å². The summed E-state index contributed by atoms with van der Waals surface area (Å²) >= 11 is 5.87.